The number of rotatable bonds is 6. The van der Waals surface area contributed by atoms with Gasteiger partial charge in [-0.05, 0) is 24.3 Å². The molecule has 2 aromatic heterocycles. The molecule has 0 saturated carbocycles. The van der Waals surface area contributed by atoms with Crippen molar-refractivity contribution in [3.63, 3.8) is 0 Å². The molecule has 0 radical (unpaired) electrons. The molecule has 0 aliphatic rings. The lowest BCUT2D eigenvalue weighted by atomic mass is 10.3. The Morgan fingerprint density at radius 1 is 1.00 bits per heavy atom. The minimum atomic E-state index is 0. The van der Waals surface area contributed by atoms with Crippen LogP contribution in [0.15, 0.2) is 50.6 Å². The number of furan rings is 2. The van der Waals surface area contributed by atoms with E-state index in [4.69, 9.17) is 8.83 Å². The van der Waals surface area contributed by atoms with E-state index in [2.05, 4.69) is 15.6 Å². The third kappa shape index (κ3) is 5.68. The van der Waals surface area contributed by atoms with E-state index in [1.807, 2.05) is 24.3 Å². The summed E-state index contributed by atoms with van der Waals surface area (Å²) in [5.41, 5.74) is 0. The largest absolute Gasteiger partial charge is 0.469 e. The van der Waals surface area contributed by atoms with Crippen LogP contribution < -0.4 is 10.6 Å². The van der Waals surface area contributed by atoms with Crippen LogP contribution in [0.25, 0.3) is 0 Å². The van der Waals surface area contributed by atoms with Crippen LogP contribution >= 0.6 is 24.0 Å². The first-order valence-corrected chi connectivity index (χ1v) is 6.38. The maximum Gasteiger partial charge on any atom is 0.191 e. The SMILES string of the molecule is CN=C(NCCc1ccco1)NCCc1ccco1.I. The van der Waals surface area contributed by atoms with E-state index in [-0.39, 0.29) is 24.0 Å². The fourth-order valence-electron chi connectivity index (χ4n) is 1.74. The lowest BCUT2D eigenvalue weighted by Crippen LogP contribution is -2.39. The van der Waals surface area contributed by atoms with Gasteiger partial charge in [-0.3, -0.25) is 4.99 Å². The molecule has 0 spiro atoms. The summed E-state index contributed by atoms with van der Waals surface area (Å²) >= 11 is 0. The Labute approximate surface area is 135 Å². The normalized spacial score (nSPS) is 9.65. The number of nitrogens with one attached hydrogen (secondary N) is 2. The van der Waals surface area contributed by atoms with E-state index >= 15 is 0 Å². The molecular weight excluding hydrogens is 369 g/mol. The second-order valence-corrected chi connectivity index (χ2v) is 4.08. The number of aliphatic imine (C=N–C) groups is 1. The van der Waals surface area contributed by atoms with Gasteiger partial charge >= 0.3 is 0 Å². The molecule has 20 heavy (non-hydrogen) atoms. The maximum atomic E-state index is 5.27. The van der Waals surface area contributed by atoms with Crippen LogP contribution in [0.4, 0.5) is 0 Å². The van der Waals surface area contributed by atoms with Crippen LogP contribution in [0.1, 0.15) is 11.5 Å². The van der Waals surface area contributed by atoms with Gasteiger partial charge in [-0.1, -0.05) is 0 Å². The summed E-state index contributed by atoms with van der Waals surface area (Å²) in [6.45, 7) is 1.57. The van der Waals surface area contributed by atoms with Crippen molar-refractivity contribution in [3.8, 4) is 0 Å². The van der Waals surface area contributed by atoms with Gasteiger partial charge in [-0.15, -0.1) is 24.0 Å². The standard InChI is InChI=1S/C14H19N3O2.HI/c1-15-14(16-8-6-12-4-2-10-18-12)17-9-7-13-5-3-11-19-13;/h2-5,10-11H,6-9H2,1H3,(H2,15,16,17);1H. The van der Waals surface area contributed by atoms with Crippen molar-refractivity contribution in [3.05, 3.63) is 48.3 Å². The van der Waals surface area contributed by atoms with Crippen LogP contribution in [-0.2, 0) is 12.8 Å². The van der Waals surface area contributed by atoms with Crippen LogP contribution in [-0.4, -0.2) is 26.1 Å². The minimum Gasteiger partial charge on any atom is -0.469 e. The van der Waals surface area contributed by atoms with E-state index in [0.29, 0.717) is 0 Å². The predicted molar refractivity (Wildman–Crippen MR) is 89.6 cm³/mol. The highest BCUT2D eigenvalue weighted by Gasteiger charge is 2.00. The highest BCUT2D eigenvalue weighted by molar-refractivity contribution is 14.0. The molecule has 2 rings (SSSR count). The third-order valence-corrected chi connectivity index (χ3v) is 2.71. The van der Waals surface area contributed by atoms with Crippen molar-refractivity contribution in [2.75, 3.05) is 20.1 Å². The number of hydrogen-bond donors (Lipinski definition) is 2. The molecule has 2 N–H and O–H groups in total. The second-order valence-electron chi connectivity index (χ2n) is 4.08. The van der Waals surface area contributed by atoms with Gasteiger partial charge in [-0.2, -0.15) is 0 Å². The highest BCUT2D eigenvalue weighted by Crippen LogP contribution is 2.00. The van der Waals surface area contributed by atoms with Crippen LogP contribution in [0.2, 0.25) is 0 Å². The quantitative estimate of drug-likeness (QED) is 0.453. The minimum absolute atomic E-state index is 0. The maximum absolute atomic E-state index is 5.27. The zero-order chi connectivity index (χ0) is 13.3. The first kappa shape index (κ1) is 16.6. The number of guanidine groups is 1. The zero-order valence-electron chi connectivity index (χ0n) is 11.5. The smallest absolute Gasteiger partial charge is 0.191 e. The zero-order valence-corrected chi connectivity index (χ0v) is 13.8. The summed E-state index contributed by atoms with van der Waals surface area (Å²) in [6.07, 6.45) is 5.05. The van der Waals surface area contributed by atoms with Crippen LogP contribution in [0.5, 0.6) is 0 Å². The summed E-state index contributed by atoms with van der Waals surface area (Å²) < 4.78 is 10.5. The van der Waals surface area contributed by atoms with E-state index in [9.17, 15) is 0 Å². The molecule has 110 valence electrons. The molecule has 0 aliphatic carbocycles. The molecule has 0 aliphatic heterocycles. The van der Waals surface area contributed by atoms with Crippen molar-refractivity contribution in [1.29, 1.82) is 0 Å². The first-order chi connectivity index (χ1) is 9.38. The fraction of sp³-hybridized carbons (Fsp3) is 0.357. The Kier molecular flexibility index (Phi) is 7.86. The van der Waals surface area contributed by atoms with Gasteiger partial charge in [0.1, 0.15) is 11.5 Å². The van der Waals surface area contributed by atoms with Crippen molar-refractivity contribution in [2.45, 2.75) is 12.8 Å². The Morgan fingerprint density at radius 3 is 1.85 bits per heavy atom. The van der Waals surface area contributed by atoms with Gasteiger partial charge in [-0.25, -0.2) is 0 Å². The van der Waals surface area contributed by atoms with Crippen molar-refractivity contribution in [1.82, 2.24) is 10.6 Å². The van der Waals surface area contributed by atoms with Gasteiger partial charge in [0, 0.05) is 33.0 Å². The summed E-state index contributed by atoms with van der Waals surface area (Å²) in [6, 6.07) is 7.72. The molecule has 0 fully saturated rings. The molecule has 2 heterocycles. The molecule has 6 heteroatoms. The Morgan fingerprint density at radius 2 is 1.50 bits per heavy atom. The molecule has 2 aromatic rings. The van der Waals surface area contributed by atoms with E-state index < -0.39 is 0 Å². The summed E-state index contributed by atoms with van der Waals surface area (Å²) in [4.78, 5) is 4.16. The van der Waals surface area contributed by atoms with Gasteiger partial charge in [0.2, 0.25) is 0 Å². The number of hydrogen-bond acceptors (Lipinski definition) is 3. The lowest BCUT2D eigenvalue weighted by Gasteiger charge is -2.10. The van der Waals surface area contributed by atoms with Crippen molar-refractivity contribution >= 4 is 29.9 Å². The third-order valence-electron chi connectivity index (χ3n) is 2.71. The summed E-state index contributed by atoms with van der Waals surface area (Å²) in [5, 5.41) is 6.47. The summed E-state index contributed by atoms with van der Waals surface area (Å²) in [5.74, 6) is 2.73. The molecule has 0 aromatic carbocycles. The van der Waals surface area contributed by atoms with Gasteiger partial charge < -0.3 is 19.5 Å². The first-order valence-electron chi connectivity index (χ1n) is 6.38. The monoisotopic (exact) mass is 389 g/mol. The van der Waals surface area contributed by atoms with Crippen LogP contribution in [0.3, 0.4) is 0 Å². The van der Waals surface area contributed by atoms with E-state index in [1.54, 1.807) is 19.6 Å². The molecule has 5 nitrogen and oxygen atoms in total. The van der Waals surface area contributed by atoms with E-state index in [1.165, 1.54) is 0 Å². The molecule has 0 atom stereocenters. The van der Waals surface area contributed by atoms with Crippen molar-refractivity contribution < 1.29 is 8.83 Å². The Hall–Kier alpha value is -1.44. The molecule has 0 unspecified atom stereocenters. The molecule has 0 bridgehead atoms. The Bertz CT molecular complexity index is 438. The Balaban J connectivity index is 0.00000200. The fourth-order valence-corrected chi connectivity index (χ4v) is 1.74. The van der Waals surface area contributed by atoms with Gasteiger partial charge in [0.25, 0.3) is 0 Å². The summed E-state index contributed by atoms with van der Waals surface area (Å²) in [7, 11) is 1.76. The number of halogens is 1. The molecule has 0 amide bonds. The number of nitrogens with zero attached hydrogens (tertiary/aromatic N) is 1. The molecule has 0 saturated heterocycles. The average Bonchev–Trinajstić information content (AvgIpc) is 3.10. The van der Waals surface area contributed by atoms with Crippen molar-refractivity contribution in [2.24, 2.45) is 4.99 Å². The predicted octanol–water partition coefficient (Wildman–Crippen LogP) is 2.44. The van der Waals surface area contributed by atoms with Crippen LogP contribution in [0, 0.1) is 0 Å². The van der Waals surface area contributed by atoms with E-state index in [0.717, 1.165) is 43.4 Å². The molecular formula is C14H20IN3O2. The highest BCUT2D eigenvalue weighted by atomic mass is 127. The second kappa shape index (κ2) is 9.46. The topological polar surface area (TPSA) is 62.7 Å². The van der Waals surface area contributed by atoms with Gasteiger partial charge in [0.15, 0.2) is 5.96 Å². The van der Waals surface area contributed by atoms with Gasteiger partial charge in [0.05, 0.1) is 12.5 Å². The lowest BCUT2D eigenvalue weighted by molar-refractivity contribution is 0.504. The average molecular weight is 389 g/mol.